The van der Waals surface area contributed by atoms with Gasteiger partial charge in [0.1, 0.15) is 11.0 Å². The molecule has 4 rings (SSSR count). The van der Waals surface area contributed by atoms with Gasteiger partial charge in [-0.2, -0.15) is 0 Å². The van der Waals surface area contributed by atoms with Crippen molar-refractivity contribution in [3.05, 3.63) is 53.6 Å². The van der Waals surface area contributed by atoms with Crippen LogP contribution < -0.4 is 10.2 Å². The monoisotopic (exact) mass is 429 g/mol. The molecule has 3 aromatic rings. The van der Waals surface area contributed by atoms with E-state index in [9.17, 15) is 13.2 Å². The summed E-state index contributed by atoms with van der Waals surface area (Å²) in [6, 6.07) is 12.5. The van der Waals surface area contributed by atoms with Crippen molar-refractivity contribution in [1.82, 2.24) is 24.8 Å². The summed E-state index contributed by atoms with van der Waals surface area (Å²) in [7, 11) is -0.697. The van der Waals surface area contributed by atoms with Crippen molar-refractivity contribution in [3.8, 4) is 0 Å². The highest BCUT2D eigenvalue weighted by Gasteiger charge is 2.22. The van der Waals surface area contributed by atoms with Gasteiger partial charge in [0.2, 0.25) is 10.0 Å². The molecule has 0 bridgehead atoms. The normalized spacial score (nSPS) is 16.4. The molecule has 0 saturated heterocycles. The molecule has 0 spiro atoms. The number of nitrogens with zero attached hydrogens (tertiary/aromatic N) is 4. The molecule has 1 N–H and O–H groups in total. The van der Waals surface area contributed by atoms with Gasteiger partial charge in [0.25, 0.3) is 5.91 Å². The minimum atomic E-state index is -3.61. The van der Waals surface area contributed by atoms with E-state index in [1.54, 1.807) is 6.07 Å². The summed E-state index contributed by atoms with van der Waals surface area (Å²) in [6.45, 7) is -0.262. The van der Waals surface area contributed by atoms with E-state index in [4.69, 9.17) is 4.84 Å². The van der Waals surface area contributed by atoms with Crippen LogP contribution in [0.1, 0.15) is 30.0 Å². The molecule has 1 amide bonds. The van der Waals surface area contributed by atoms with Crippen LogP contribution in [0.15, 0.2) is 47.4 Å². The number of fused-ring (bicyclic) bond motifs is 2. The zero-order valence-electron chi connectivity index (χ0n) is 16.8. The van der Waals surface area contributed by atoms with Gasteiger partial charge in [-0.25, -0.2) is 12.7 Å². The van der Waals surface area contributed by atoms with Crippen LogP contribution in [0.5, 0.6) is 0 Å². The number of carbonyl (C=O) groups excluding carboxylic acids is 1. The Kier molecular flexibility index (Phi) is 5.44. The van der Waals surface area contributed by atoms with Crippen LogP contribution in [0.25, 0.3) is 11.0 Å². The van der Waals surface area contributed by atoms with Crippen LogP contribution in [0.3, 0.4) is 0 Å². The maximum atomic E-state index is 12.5. The smallest absolute Gasteiger partial charge is 0.261 e. The summed E-state index contributed by atoms with van der Waals surface area (Å²) in [6.07, 6.45) is 2.91. The van der Waals surface area contributed by atoms with Crippen LogP contribution in [0, 0.1) is 0 Å². The number of carbonyl (C=O) groups is 1. The van der Waals surface area contributed by atoms with Crippen molar-refractivity contribution < 1.29 is 18.0 Å². The van der Waals surface area contributed by atoms with Gasteiger partial charge in [0.15, 0.2) is 6.61 Å². The van der Waals surface area contributed by atoms with E-state index in [2.05, 4.69) is 21.7 Å². The van der Waals surface area contributed by atoms with Crippen molar-refractivity contribution in [2.75, 3.05) is 20.7 Å². The highest BCUT2D eigenvalue weighted by molar-refractivity contribution is 7.89. The van der Waals surface area contributed by atoms with E-state index < -0.39 is 10.0 Å². The molecule has 10 heteroatoms. The zero-order chi connectivity index (χ0) is 21.3. The Hall–Kier alpha value is -2.98. The van der Waals surface area contributed by atoms with Gasteiger partial charge < -0.3 is 10.2 Å². The lowest BCUT2D eigenvalue weighted by atomic mass is 9.88. The molecule has 1 heterocycles. The lowest BCUT2D eigenvalue weighted by molar-refractivity contribution is -0.127. The van der Waals surface area contributed by atoms with E-state index in [1.807, 2.05) is 18.2 Å². The molecular weight excluding hydrogens is 406 g/mol. The molecule has 0 aliphatic heterocycles. The first-order chi connectivity index (χ1) is 14.4. The largest absolute Gasteiger partial charge is 0.385 e. The van der Waals surface area contributed by atoms with Crippen molar-refractivity contribution in [3.63, 3.8) is 0 Å². The first-order valence-corrected chi connectivity index (χ1v) is 11.1. The number of aromatic nitrogens is 3. The number of hydrogen-bond acceptors (Lipinski definition) is 6. The number of hydrogen-bond donors (Lipinski definition) is 1. The molecular formula is C20H23N5O4S. The van der Waals surface area contributed by atoms with Crippen molar-refractivity contribution in [1.29, 1.82) is 0 Å². The van der Waals surface area contributed by atoms with Crippen LogP contribution in [0.4, 0.5) is 0 Å². The summed E-state index contributed by atoms with van der Waals surface area (Å²) in [4.78, 5) is 19.1. The van der Waals surface area contributed by atoms with E-state index >= 15 is 0 Å². The quantitative estimate of drug-likeness (QED) is 0.633. The van der Waals surface area contributed by atoms with Crippen molar-refractivity contribution in [2.24, 2.45) is 0 Å². The number of nitrogens with one attached hydrogen (secondary N) is 1. The third-order valence-electron chi connectivity index (χ3n) is 5.19. The second-order valence-electron chi connectivity index (χ2n) is 7.38. The summed E-state index contributed by atoms with van der Waals surface area (Å²) < 4.78 is 25.9. The summed E-state index contributed by atoms with van der Waals surface area (Å²) in [5.41, 5.74) is 3.23. The zero-order valence-corrected chi connectivity index (χ0v) is 17.6. The van der Waals surface area contributed by atoms with Crippen LogP contribution in [-0.2, 0) is 21.2 Å². The standard InChI is InChI=1S/C20H23N5O4S/c1-24(2)30(27,28)15-10-11-18-19(12-15)25(23-22-18)29-13-20(26)21-17-9-5-7-14-6-3-4-8-16(14)17/h3-4,6,8,10-12,17H,5,7,9,13H2,1-2H3,(H,21,26)/t17-/m1/s1. The summed E-state index contributed by atoms with van der Waals surface area (Å²) in [5.74, 6) is -0.280. The predicted octanol–water partition coefficient (Wildman–Crippen LogP) is 1.30. The fourth-order valence-electron chi connectivity index (χ4n) is 3.60. The fourth-order valence-corrected chi connectivity index (χ4v) is 4.53. The molecule has 0 radical (unpaired) electrons. The Labute approximate surface area is 174 Å². The second kappa shape index (κ2) is 8.04. The number of rotatable bonds is 6. The second-order valence-corrected chi connectivity index (χ2v) is 9.54. The topological polar surface area (TPSA) is 106 Å². The van der Waals surface area contributed by atoms with Gasteiger partial charge in [0, 0.05) is 14.1 Å². The molecule has 1 aliphatic carbocycles. The van der Waals surface area contributed by atoms with Gasteiger partial charge in [-0.1, -0.05) is 29.1 Å². The molecule has 0 fully saturated rings. The Morgan fingerprint density at radius 2 is 2.07 bits per heavy atom. The molecule has 0 unspecified atom stereocenters. The average Bonchev–Trinajstić information content (AvgIpc) is 3.15. The lowest BCUT2D eigenvalue weighted by Gasteiger charge is -2.26. The third-order valence-corrected chi connectivity index (χ3v) is 7.00. The van der Waals surface area contributed by atoms with Crippen LogP contribution >= 0.6 is 0 Å². The Morgan fingerprint density at radius 3 is 2.87 bits per heavy atom. The SMILES string of the molecule is CN(C)S(=O)(=O)c1ccc2nnn(OCC(=O)N[C@@H]3CCCc4ccccc43)c2c1. The van der Waals surface area contributed by atoms with E-state index in [1.165, 1.54) is 31.8 Å². The molecule has 1 aliphatic rings. The van der Waals surface area contributed by atoms with Gasteiger partial charge in [-0.05, 0) is 53.8 Å². The maximum absolute atomic E-state index is 12.5. The molecule has 1 atom stereocenters. The highest BCUT2D eigenvalue weighted by Crippen LogP contribution is 2.29. The molecule has 30 heavy (non-hydrogen) atoms. The van der Waals surface area contributed by atoms with Gasteiger partial charge in [0.05, 0.1) is 10.9 Å². The van der Waals surface area contributed by atoms with Crippen LogP contribution in [0.2, 0.25) is 0 Å². The number of benzene rings is 2. The highest BCUT2D eigenvalue weighted by atomic mass is 32.2. The molecule has 158 valence electrons. The third kappa shape index (κ3) is 3.88. The lowest BCUT2D eigenvalue weighted by Crippen LogP contribution is -2.36. The van der Waals surface area contributed by atoms with Gasteiger partial charge in [-0.15, -0.1) is 5.10 Å². The average molecular weight is 430 g/mol. The maximum Gasteiger partial charge on any atom is 0.261 e. The molecule has 0 saturated carbocycles. The Balaban J connectivity index is 1.47. The van der Waals surface area contributed by atoms with E-state index in [0.717, 1.165) is 34.0 Å². The van der Waals surface area contributed by atoms with E-state index in [-0.39, 0.29) is 23.5 Å². The van der Waals surface area contributed by atoms with Gasteiger partial charge in [-0.3, -0.25) is 4.79 Å². The minimum Gasteiger partial charge on any atom is -0.385 e. The molecule has 1 aromatic heterocycles. The minimum absolute atomic E-state index is 0.0459. The number of aryl methyl sites for hydroxylation is 1. The molecule has 9 nitrogen and oxygen atoms in total. The first-order valence-electron chi connectivity index (χ1n) is 9.65. The van der Waals surface area contributed by atoms with Gasteiger partial charge >= 0.3 is 0 Å². The number of amides is 1. The van der Waals surface area contributed by atoms with Crippen molar-refractivity contribution >= 4 is 27.0 Å². The Bertz CT molecular complexity index is 1190. The summed E-state index contributed by atoms with van der Waals surface area (Å²) >= 11 is 0. The first kappa shape index (κ1) is 20.3. The van der Waals surface area contributed by atoms with Crippen molar-refractivity contribution in [2.45, 2.75) is 30.2 Å². The summed E-state index contributed by atoms with van der Waals surface area (Å²) in [5, 5.41) is 10.8. The predicted molar refractivity (Wildman–Crippen MR) is 110 cm³/mol. The Morgan fingerprint density at radius 1 is 1.27 bits per heavy atom. The number of sulfonamides is 1. The molecule has 2 aromatic carbocycles. The fraction of sp³-hybridized carbons (Fsp3) is 0.350. The van der Waals surface area contributed by atoms with E-state index in [0.29, 0.717) is 11.0 Å². The van der Waals surface area contributed by atoms with Crippen LogP contribution in [-0.4, -0.2) is 54.5 Å².